The van der Waals surface area contributed by atoms with Crippen molar-refractivity contribution in [2.24, 2.45) is 0 Å². The summed E-state index contributed by atoms with van der Waals surface area (Å²) >= 11 is 0. The zero-order chi connectivity index (χ0) is 30.4. The van der Waals surface area contributed by atoms with Crippen LogP contribution in [0.25, 0.3) is 0 Å². The summed E-state index contributed by atoms with van der Waals surface area (Å²) < 4.78 is 12.4. The first-order chi connectivity index (χ1) is 19.1. The SMILES string of the molecule is CC(C)N(CCO[Si](C)(C)C(C)(C)C)C(=O)c1nc(CC(C)(C)c2ccccc2)[nH]c(=O)c1OCc1ccccc1. The van der Waals surface area contributed by atoms with Gasteiger partial charge in [-0.05, 0) is 48.5 Å². The number of carbonyl (C=O) groups is 1. The molecule has 1 amide bonds. The maximum atomic E-state index is 14.1. The van der Waals surface area contributed by atoms with Crippen molar-refractivity contribution in [3.8, 4) is 5.75 Å². The van der Waals surface area contributed by atoms with Crippen LogP contribution in [0, 0.1) is 0 Å². The van der Waals surface area contributed by atoms with Crippen molar-refractivity contribution in [2.75, 3.05) is 13.2 Å². The number of nitrogens with one attached hydrogen (secondary N) is 1. The molecule has 0 saturated heterocycles. The average Bonchev–Trinajstić information content (AvgIpc) is 2.90. The van der Waals surface area contributed by atoms with Gasteiger partial charge in [-0.15, -0.1) is 0 Å². The van der Waals surface area contributed by atoms with Crippen molar-refractivity contribution in [3.05, 3.63) is 93.7 Å². The molecule has 0 aliphatic rings. The third-order valence-corrected chi connectivity index (χ3v) is 12.5. The summed E-state index contributed by atoms with van der Waals surface area (Å²) in [5.41, 5.74) is 1.26. The second-order valence-electron chi connectivity index (χ2n) is 13.1. The molecule has 0 saturated carbocycles. The number of hydrogen-bond donors (Lipinski definition) is 1. The molecule has 0 atom stereocenters. The van der Waals surface area contributed by atoms with Gasteiger partial charge < -0.3 is 19.0 Å². The smallest absolute Gasteiger partial charge is 0.294 e. The van der Waals surface area contributed by atoms with Gasteiger partial charge >= 0.3 is 0 Å². The molecule has 7 nitrogen and oxygen atoms in total. The number of amides is 1. The maximum Gasteiger partial charge on any atom is 0.294 e. The summed E-state index contributed by atoms with van der Waals surface area (Å²) in [5.74, 6) is 0.0448. The predicted octanol–water partition coefficient (Wildman–Crippen LogP) is 6.74. The molecule has 0 aliphatic heterocycles. The molecular weight excluding hydrogens is 530 g/mol. The third-order valence-electron chi connectivity index (χ3n) is 8.00. The van der Waals surface area contributed by atoms with E-state index in [2.05, 4.69) is 64.8 Å². The molecule has 2 aromatic carbocycles. The average molecular weight is 578 g/mol. The Morgan fingerprint density at radius 1 is 0.976 bits per heavy atom. The van der Waals surface area contributed by atoms with Gasteiger partial charge in [-0.3, -0.25) is 9.59 Å². The first-order valence-corrected chi connectivity index (χ1v) is 17.3. The van der Waals surface area contributed by atoms with E-state index >= 15 is 0 Å². The van der Waals surface area contributed by atoms with E-state index in [4.69, 9.17) is 14.1 Å². The largest absolute Gasteiger partial charge is 0.481 e. The molecule has 0 unspecified atom stereocenters. The van der Waals surface area contributed by atoms with Crippen LogP contribution in [0.3, 0.4) is 0 Å². The van der Waals surface area contributed by atoms with Gasteiger partial charge in [0.2, 0.25) is 5.75 Å². The fraction of sp³-hybridized carbons (Fsp3) is 0.485. The standard InChI is InChI=1S/C33H47N3O4Si/c1-24(2)36(20-21-40-41(8,9)32(3,4)5)31(38)28-29(39-23-25-16-12-10-13-17-25)30(37)35-27(34-28)22-33(6,7)26-18-14-11-15-19-26/h10-19,24H,20-23H2,1-9H3,(H,34,35,37). The van der Waals surface area contributed by atoms with E-state index in [-0.39, 0.29) is 40.5 Å². The summed E-state index contributed by atoms with van der Waals surface area (Å²) in [6.07, 6.45) is 0.446. The molecular formula is C33H47N3O4Si. The number of H-pyrrole nitrogens is 1. The van der Waals surface area contributed by atoms with E-state index in [0.29, 0.717) is 25.4 Å². The van der Waals surface area contributed by atoms with Gasteiger partial charge in [0, 0.05) is 19.0 Å². The fourth-order valence-electron chi connectivity index (χ4n) is 4.36. The Bertz CT molecular complexity index is 1350. The monoisotopic (exact) mass is 577 g/mol. The molecule has 0 fully saturated rings. The van der Waals surface area contributed by atoms with Gasteiger partial charge in [0.1, 0.15) is 12.4 Å². The Morgan fingerprint density at radius 3 is 2.12 bits per heavy atom. The van der Waals surface area contributed by atoms with Crippen LogP contribution >= 0.6 is 0 Å². The number of benzene rings is 2. The van der Waals surface area contributed by atoms with E-state index in [0.717, 1.165) is 11.1 Å². The van der Waals surface area contributed by atoms with Crippen molar-refractivity contribution in [2.45, 2.75) is 91.1 Å². The van der Waals surface area contributed by atoms with E-state index in [1.165, 1.54) is 0 Å². The van der Waals surface area contributed by atoms with E-state index in [1.807, 2.05) is 62.4 Å². The number of hydrogen-bond acceptors (Lipinski definition) is 5. The topological polar surface area (TPSA) is 84.5 Å². The number of rotatable bonds is 12. The number of nitrogens with zero attached hydrogens (tertiary/aromatic N) is 2. The van der Waals surface area contributed by atoms with Crippen molar-refractivity contribution in [1.29, 1.82) is 0 Å². The highest BCUT2D eigenvalue weighted by Crippen LogP contribution is 2.36. The molecule has 1 aromatic heterocycles. The summed E-state index contributed by atoms with van der Waals surface area (Å²) in [6.45, 7) is 20.0. The molecule has 222 valence electrons. The van der Waals surface area contributed by atoms with Crippen molar-refractivity contribution < 1.29 is 14.0 Å². The fourth-order valence-corrected chi connectivity index (χ4v) is 5.39. The minimum Gasteiger partial charge on any atom is -0.481 e. The minimum absolute atomic E-state index is 0.0320. The summed E-state index contributed by atoms with van der Waals surface area (Å²) in [4.78, 5) is 36.9. The molecule has 0 radical (unpaired) electrons. The molecule has 8 heteroatoms. The highest BCUT2D eigenvalue weighted by molar-refractivity contribution is 6.74. The summed E-state index contributed by atoms with van der Waals surface area (Å²) in [7, 11) is -1.99. The Labute approximate surface area is 246 Å². The van der Waals surface area contributed by atoms with Crippen LogP contribution in [0.15, 0.2) is 65.5 Å². The zero-order valence-corrected chi connectivity index (χ0v) is 27.2. The second-order valence-corrected chi connectivity index (χ2v) is 17.9. The Morgan fingerprint density at radius 2 is 1.56 bits per heavy atom. The van der Waals surface area contributed by atoms with E-state index in [9.17, 15) is 9.59 Å². The van der Waals surface area contributed by atoms with Crippen LogP contribution in [0.4, 0.5) is 0 Å². The van der Waals surface area contributed by atoms with Crippen molar-refractivity contribution >= 4 is 14.2 Å². The van der Waals surface area contributed by atoms with Crippen molar-refractivity contribution in [1.82, 2.24) is 14.9 Å². The van der Waals surface area contributed by atoms with Crippen LogP contribution in [0.5, 0.6) is 5.75 Å². The molecule has 3 rings (SSSR count). The lowest BCUT2D eigenvalue weighted by Crippen LogP contribution is -2.45. The Balaban J connectivity index is 1.96. The highest BCUT2D eigenvalue weighted by atomic mass is 28.4. The lowest BCUT2D eigenvalue weighted by molar-refractivity contribution is 0.0657. The Kier molecular flexibility index (Phi) is 10.4. The van der Waals surface area contributed by atoms with E-state index < -0.39 is 13.9 Å². The molecule has 0 spiro atoms. The summed E-state index contributed by atoms with van der Waals surface area (Å²) in [6, 6.07) is 19.5. The number of ether oxygens (including phenoxy) is 1. The van der Waals surface area contributed by atoms with E-state index in [1.54, 1.807) is 4.90 Å². The third kappa shape index (κ3) is 8.39. The summed E-state index contributed by atoms with van der Waals surface area (Å²) in [5, 5.41) is 0.0624. The number of aromatic nitrogens is 2. The predicted molar refractivity (Wildman–Crippen MR) is 168 cm³/mol. The van der Waals surface area contributed by atoms with Crippen LogP contribution in [0.1, 0.15) is 75.9 Å². The van der Waals surface area contributed by atoms with Crippen LogP contribution in [-0.4, -0.2) is 48.3 Å². The number of aromatic amines is 1. The van der Waals surface area contributed by atoms with Crippen LogP contribution in [-0.2, 0) is 22.9 Å². The van der Waals surface area contributed by atoms with Gasteiger partial charge in [-0.2, -0.15) is 0 Å². The zero-order valence-electron chi connectivity index (χ0n) is 26.2. The molecule has 41 heavy (non-hydrogen) atoms. The van der Waals surface area contributed by atoms with Gasteiger partial charge in [-0.1, -0.05) is 95.3 Å². The van der Waals surface area contributed by atoms with Gasteiger partial charge in [0.25, 0.3) is 11.5 Å². The van der Waals surface area contributed by atoms with Gasteiger partial charge in [0.15, 0.2) is 14.0 Å². The Hall–Kier alpha value is -3.23. The van der Waals surface area contributed by atoms with Crippen LogP contribution < -0.4 is 10.3 Å². The highest BCUT2D eigenvalue weighted by Gasteiger charge is 2.37. The second kappa shape index (κ2) is 13.2. The molecule has 0 bridgehead atoms. The first kappa shape index (κ1) is 32.3. The molecule has 3 aromatic rings. The maximum absolute atomic E-state index is 14.1. The van der Waals surface area contributed by atoms with Crippen molar-refractivity contribution in [3.63, 3.8) is 0 Å². The lowest BCUT2D eigenvalue weighted by Gasteiger charge is -2.37. The normalized spacial score (nSPS) is 12.4. The molecule has 1 heterocycles. The first-order valence-electron chi connectivity index (χ1n) is 14.4. The van der Waals surface area contributed by atoms with Gasteiger partial charge in [0.05, 0.1) is 6.61 Å². The van der Waals surface area contributed by atoms with Crippen LogP contribution in [0.2, 0.25) is 18.1 Å². The minimum atomic E-state index is -1.99. The quantitative estimate of drug-likeness (QED) is 0.241. The number of carbonyl (C=O) groups excluding carboxylic acids is 1. The molecule has 1 N–H and O–H groups in total. The lowest BCUT2D eigenvalue weighted by atomic mass is 9.81. The van der Waals surface area contributed by atoms with Gasteiger partial charge in [-0.25, -0.2) is 4.98 Å². The molecule has 0 aliphatic carbocycles.